The number of hydrogen-bond acceptors (Lipinski definition) is 2. The molecule has 1 N–H and O–H groups in total. The Morgan fingerprint density at radius 1 is 1.35 bits per heavy atom. The van der Waals surface area contributed by atoms with E-state index in [-0.39, 0.29) is 0 Å². The lowest BCUT2D eigenvalue weighted by Gasteiger charge is -2.27. The van der Waals surface area contributed by atoms with E-state index >= 15 is 0 Å². The number of fused-ring (bicyclic) bond motifs is 1. The van der Waals surface area contributed by atoms with E-state index in [0.29, 0.717) is 6.04 Å². The summed E-state index contributed by atoms with van der Waals surface area (Å²) in [7, 11) is 2.07. The van der Waals surface area contributed by atoms with Crippen LogP contribution in [0.2, 0.25) is 0 Å². The molecular weight excluding hydrogens is 210 g/mol. The van der Waals surface area contributed by atoms with Crippen molar-refractivity contribution in [3.63, 3.8) is 0 Å². The Bertz CT molecular complexity index is 396. The van der Waals surface area contributed by atoms with E-state index in [0.717, 1.165) is 12.0 Å². The smallest absolute Gasteiger partial charge is 0.0540 e. The van der Waals surface area contributed by atoms with Gasteiger partial charge in [-0.25, -0.2) is 0 Å². The van der Waals surface area contributed by atoms with Crippen molar-refractivity contribution >= 4 is 0 Å². The average Bonchev–Trinajstić information content (AvgIpc) is 2.88. The lowest BCUT2D eigenvalue weighted by Crippen LogP contribution is -2.33. The molecule has 17 heavy (non-hydrogen) atoms. The van der Waals surface area contributed by atoms with Crippen LogP contribution in [-0.4, -0.2) is 15.8 Å². The molecule has 1 saturated carbocycles. The van der Waals surface area contributed by atoms with E-state index in [2.05, 4.69) is 35.3 Å². The topological polar surface area (TPSA) is 29.9 Å². The third-order valence-electron chi connectivity index (χ3n) is 4.51. The minimum atomic E-state index is 0.558. The summed E-state index contributed by atoms with van der Waals surface area (Å²) in [5.74, 6) is 0.907. The van der Waals surface area contributed by atoms with E-state index in [1.807, 2.05) is 0 Å². The molecule has 3 heteroatoms. The summed E-state index contributed by atoms with van der Waals surface area (Å²) in [5, 5.41) is 8.28. The first-order chi connectivity index (χ1) is 8.24. The summed E-state index contributed by atoms with van der Waals surface area (Å²) >= 11 is 0. The average molecular weight is 233 g/mol. The number of aromatic nitrogens is 2. The van der Waals surface area contributed by atoms with Crippen LogP contribution in [0.1, 0.15) is 56.3 Å². The highest BCUT2D eigenvalue weighted by molar-refractivity contribution is 5.24. The molecule has 0 aliphatic heterocycles. The van der Waals surface area contributed by atoms with Gasteiger partial charge >= 0.3 is 0 Å². The van der Waals surface area contributed by atoms with Crippen LogP contribution in [0.25, 0.3) is 0 Å². The van der Waals surface area contributed by atoms with Gasteiger partial charge in [0.1, 0.15) is 0 Å². The first-order valence-electron chi connectivity index (χ1n) is 7.01. The zero-order valence-electron chi connectivity index (χ0n) is 10.9. The van der Waals surface area contributed by atoms with Crippen LogP contribution in [0.5, 0.6) is 0 Å². The van der Waals surface area contributed by atoms with Crippen molar-refractivity contribution in [1.82, 2.24) is 15.1 Å². The molecule has 2 aliphatic rings. The molecular formula is C14H23N3. The second-order valence-electron chi connectivity index (χ2n) is 5.90. The first kappa shape index (κ1) is 11.3. The van der Waals surface area contributed by atoms with Gasteiger partial charge in [-0.2, -0.15) is 5.10 Å². The van der Waals surface area contributed by atoms with Crippen molar-refractivity contribution in [2.45, 2.75) is 57.5 Å². The Labute approximate surface area is 104 Å². The summed E-state index contributed by atoms with van der Waals surface area (Å²) < 4.78 is 2.06. The van der Waals surface area contributed by atoms with Crippen molar-refractivity contribution in [3.05, 3.63) is 17.5 Å². The molecule has 0 spiro atoms. The van der Waals surface area contributed by atoms with E-state index in [4.69, 9.17) is 0 Å². The number of nitrogens with one attached hydrogen (secondary N) is 1. The predicted molar refractivity (Wildman–Crippen MR) is 68.8 cm³/mol. The monoisotopic (exact) mass is 233 g/mol. The molecule has 0 bridgehead atoms. The summed E-state index contributed by atoms with van der Waals surface area (Å²) in [6.07, 6.45) is 9.95. The van der Waals surface area contributed by atoms with Crippen LogP contribution in [0, 0.1) is 5.92 Å². The second-order valence-corrected chi connectivity index (χ2v) is 5.90. The van der Waals surface area contributed by atoms with Crippen molar-refractivity contribution in [3.8, 4) is 0 Å². The Morgan fingerprint density at radius 2 is 2.24 bits per heavy atom. The Kier molecular flexibility index (Phi) is 2.95. The van der Waals surface area contributed by atoms with E-state index in [1.54, 1.807) is 0 Å². The fourth-order valence-electron chi connectivity index (χ4n) is 3.52. The van der Waals surface area contributed by atoms with E-state index < -0.39 is 0 Å². The fourth-order valence-corrected chi connectivity index (χ4v) is 3.52. The Morgan fingerprint density at radius 3 is 3.00 bits per heavy atom. The summed E-state index contributed by atoms with van der Waals surface area (Å²) in [4.78, 5) is 0. The lowest BCUT2D eigenvalue weighted by atomic mass is 9.92. The van der Waals surface area contributed by atoms with Crippen molar-refractivity contribution in [1.29, 1.82) is 0 Å². The third-order valence-corrected chi connectivity index (χ3v) is 4.51. The maximum atomic E-state index is 4.41. The van der Waals surface area contributed by atoms with Crippen LogP contribution < -0.4 is 5.32 Å². The minimum absolute atomic E-state index is 0.558. The zero-order valence-corrected chi connectivity index (χ0v) is 10.9. The SMILES string of the molecule is CC1CCC(NC2CCCc3c2cnn3C)C1. The van der Waals surface area contributed by atoms with Gasteiger partial charge in [-0.15, -0.1) is 0 Å². The maximum absolute atomic E-state index is 4.41. The number of rotatable bonds is 2. The quantitative estimate of drug-likeness (QED) is 0.851. The normalized spacial score (nSPS) is 32.7. The molecule has 3 unspecified atom stereocenters. The zero-order chi connectivity index (χ0) is 11.8. The highest BCUT2D eigenvalue weighted by Crippen LogP contribution is 2.32. The van der Waals surface area contributed by atoms with Gasteiger partial charge < -0.3 is 5.32 Å². The highest BCUT2D eigenvalue weighted by Gasteiger charge is 2.28. The molecule has 3 atom stereocenters. The number of nitrogens with zero attached hydrogens (tertiary/aromatic N) is 2. The summed E-state index contributed by atoms with van der Waals surface area (Å²) in [5.41, 5.74) is 2.90. The molecule has 1 fully saturated rings. The summed E-state index contributed by atoms with van der Waals surface area (Å²) in [6.45, 7) is 2.37. The number of hydrogen-bond donors (Lipinski definition) is 1. The molecule has 2 aliphatic carbocycles. The van der Waals surface area contributed by atoms with Gasteiger partial charge in [-0.1, -0.05) is 6.92 Å². The predicted octanol–water partition coefficient (Wildman–Crippen LogP) is 2.58. The van der Waals surface area contributed by atoms with E-state index in [1.165, 1.54) is 49.8 Å². The van der Waals surface area contributed by atoms with Crippen LogP contribution in [-0.2, 0) is 13.5 Å². The standard InChI is InChI=1S/C14H23N3/c1-10-6-7-11(8-10)16-13-4-3-5-14-12(13)9-15-17(14)2/h9-11,13,16H,3-8H2,1-2H3. The summed E-state index contributed by atoms with van der Waals surface area (Å²) in [6, 6.07) is 1.30. The molecule has 0 aromatic carbocycles. The molecule has 94 valence electrons. The van der Waals surface area contributed by atoms with Gasteiger partial charge in [-0.05, 0) is 44.4 Å². The Hall–Kier alpha value is -0.830. The van der Waals surface area contributed by atoms with Gasteiger partial charge in [-0.3, -0.25) is 4.68 Å². The maximum Gasteiger partial charge on any atom is 0.0540 e. The molecule has 1 aromatic rings. The van der Waals surface area contributed by atoms with Gasteiger partial charge in [0.25, 0.3) is 0 Å². The molecule has 3 rings (SSSR count). The Balaban J connectivity index is 1.72. The van der Waals surface area contributed by atoms with Gasteiger partial charge in [0.2, 0.25) is 0 Å². The van der Waals surface area contributed by atoms with Crippen molar-refractivity contribution < 1.29 is 0 Å². The molecule has 0 amide bonds. The highest BCUT2D eigenvalue weighted by atomic mass is 15.3. The van der Waals surface area contributed by atoms with Crippen molar-refractivity contribution in [2.75, 3.05) is 0 Å². The fraction of sp³-hybridized carbons (Fsp3) is 0.786. The lowest BCUT2D eigenvalue weighted by molar-refractivity contribution is 0.388. The van der Waals surface area contributed by atoms with Crippen LogP contribution in [0.15, 0.2) is 6.20 Å². The molecule has 3 nitrogen and oxygen atoms in total. The van der Waals surface area contributed by atoms with Crippen LogP contribution >= 0.6 is 0 Å². The van der Waals surface area contributed by atoms with Crippen LogP contribution in [0.4, 0.5) is 0 Å². The van der Waals surface area contributed by atoms with Gasteiger partial charge in [0.15, 0.2) is 0 Å². The molecule has 1 heterocycles. The molecule has 0 saturated heterocycles. The second kappa shape index (κ2) is 4.45. The number of aryl methyl sites for hydroxylation is 1. The van der Waals surface area contributed by atoms with Gasteiger partial charge in [0.05, 0.1) is 6.20 Å². The first-order valence-corrected chi connectivity index (χ1v) is 7.01. The van der Waals surface area contributed by atoms with Crippen LogP contribution in [0.3, 0.4) is 0 Å². The third kappa shape index (κ3) is 2.13. The van der Waals surface area contributed by atoms with E-state index in [9.17, 15) is 0 Å². The van der Waals surface area contributed by atoms with Gasteiger partial charge in [0, 0.05) is 30.4 Å². The minimum Gasteiger partial charge on any atom is -0.307 e. The molecule has 0 radical (unpaired) electrons. The molecule has 1 aromatic heterocycles. The van der Waals surface area contributed by atoms with Crippen molar-refractivity contribution in [2.24, 2.45) is 13.0 Å². The largest absolute Gasteiger partial charge is 0.307 e.